The molecule has 1 aliphatic rings. The zero-order chi connectivity index (χ0) is 17.6. The van der Waals surface area contributed by atoms with Crippen LogP contribution in [0.4, 0.5) is 0 Å². The molecule has 1 N–H and O–H groups in total. The number of pyridine rings is 1. The number of nitrogens with zero attached hydrogens (tertiary/aromatic N) is 1. The number of ketones is 1. The van der Waals surface area contributed by atoms with E-state index in [1.165, 1.54) is 0 Å². The second-order valence-corrected chi connectivity index (χ2v) is 5.83. The maximum atomic E-state index is 12.3. The van der Waals surface area contributed by atoms with Gasteiger partial charge in [0.15, 0.2) is 17.3 Å². The topological polar surface area (TPSA) is 77.5 Å². The third kappa shape index (κ3) is 4.35. The van der Waals surface area contributed by atoms with Crippen molar-refractivity contribution < 1.29 is 19.1 Å². The monoisotopic (exact) mass is 340 g/mol. The van der Waals surface area contributed by atoms with Gasteiger partial charge in [-0.05, 0) is 37.3 Å². The molecule has 1 aromatic carbocycles. The van der Waals surface area contributed by atoms with E-state index < -0.39 is 0 Å². The van der Waals surface area contributed by atoms with E-state index in [-0.39, 0.29) is 30.6 Å². The molecule has 0 radical (unpaired) electrons. The predicted octanol–water partition coefficient (Wildman–Crippen LogP) is 2.69. The number of Topliss-reactive ketones (excluding diaryl/α,β-unsaturated/α-hetero) is 1. The minimum Gasteiger partial charge on any atom is -0.486 e. The van der Waals surface area contributed by atoms with E-state index in [1.807, 2.05) is 25.1 Å². The number of aromatic nitrogens is 1. The molecule has 6 heteroatoms. The maximum Gasteiger partial charge on any atom is 0.220 e. The van der Waals surface area contributed by atoms with Crippen LogP contribution >= 0.6 is 0 Å². The SMILES string of the molecule is C[C@H](NC(=O)CCC(=O)c1ccc2c(c1)OCCO2)c1ccccn1. The van der Waals surface area contributed by atoms with Crippen LogP contribution in [0.2, 0.25) is 0 Å². The van der Waals surface area contributed by atoms with Gasteiger partial charge in [0.25, 0.3) is 0 Å². The summed E-state index contributed by atoms with van der Waals surface area (Å²) in [7, 11) is 0. The summed E-state index contributed by atoms with van der Waals surface area (Å²) in [6, 6.07) is 10.4. The van der Waals surface area contributed by atoms with Crippen LogP contribution in [0.1, 0.15) is 41.9 Å². The van der Waals surface area contributed by atoms with Crippen molar-refractivity contribution in [2.24, 2.45) is 0 Å². The van der Waals surface area contributed by atoms with E-state index >= 15 is 0 Å². The number of hydrogen-bond donors (Lipinski definition) is 1. The van der Waals surface area contributed by atoms with Crippen LogP contribution in [0.3, 0.4) is 0 Å². The largest absolute Gasteiger partial charge is 0.486 e. The normalized spacial score (nSPS) is 13.8. The third-order valence-electron chi connectivity index (χ3n) is 3.95. The van der Waals surface area contributed by atoms with Crippen LogP contribution in [0, 0.1) is 0 Å². The van der Waals surface area contributed by atoms with Crippen LogP contribution in [0.5, 0.6) is 11.5 Å². The van der Waals surface area contributed by atoms with Crippen molar-refractivity contribution in [3.8, 4) is 11.5 Å². The van der Waals surface area contributed by atoms with Crippen molar-refractivity contribution in [3.05, 3.63) is 53.9 Å². The Morgan fingerprint density at radius 2 is 1.92 bits per heavy atom. The summed E-state index contributed by atoms with van der Waals surface area (Å²) in [5, 5.41) is 2.85. The summed E-state index contributed by atoms with van der Waals surface area (Å²) in [6.07, 6.45) is 1.95. The molecule has 6 nitrogen and oxygen atoms in total. The number of benzene rings is 1. The van der Waals surface area contributed by atoms with Crippen molar-refractivity contribution in [2.45, 2.75) is 25.8 Å². The van der Waals surface area contributed by atoms with Gasteiger partial charge < -0.3 is 14.8 Å². The summed E-state index contributed by atoms with van der Waals surface area (Å²) in [5.74, 6) is 0.941. The summed E-state index contributed by atoms with van der Waals surface area (Å²) in [5.41, 5.74) is 1.31. The van der Waals surface area contributed by atoms with Crippen LogP contribution in [0.25, 0.3) is 0 Å². The number of carbonyl (C=O) groups excluding carboxylic acids is 2. The van der Waals surface area contributed by atoms with E-state index in [4.69, 9.17) is 9.47 Å². The van der Waals surface area contributed by atoms with Gasteiger partial charge in [0.05, 0.1) is 11.7 Å². The molecule has 1 aromatic heterocycles. The summed E-state index contributed by atoms with van der Waals surface area (Å²) in [4.78, 5) is 28.6. The third-order valence-corrected chi connectivity index (χ3v) is 3.95. The highest BCUT2D eigenvalue weighted by Gasteiger charge is 2.16. The molecule has 0 unspecified atom stereocenters. The van der Waals surface area contributed by atoms with E-state index in [1.54, 1.807) is 24.4 Å². The van der Waals surface area contributed by atoms with Gasteiger partial charge in [0, 0.05) is 24.6 Å². The van der Waals surface area contributed by atoms with Crippen molar-refractivity contribution in [1.82, 2.24) is 10.3 Å². The zero-order valence-electron chi connectivity index (χ0n) is 14.0. The van der Waals surface area contributed by atoms with Gasteiger partial charge in [-0.2, -0.15) is 0 Å². The molecule has 0 saturated heterocycles. The first-order valence-corrected chi connectivity index (χ1v) is 8.26. The Hall–Kier alpha value is -2.89. The second-order valence-electron chi connectivity index (χ2n) is 5.83. The molecule has 0 bridgehead atoms. The van der Waals surface area contributed by atoms with Crippen molar-refractivity contribution in [1.29, 1.82) is 0 Å². The van der Waals surface area contributed by atoms with Gasteiger partial charge >= 0.3 is 0 Å². The molecule has 0 fully saturated rings. The average molecular weight is 340 g/mol. The quantitative estimate of drug-likeness (QED) is 0.818. The highest BCUT2D eigenvalue weighted by atomic mass is 16.6. The lowest BCUT2D eigenvalue weighted by molar-refractivity contribution is -0.121. The Labute approximate surface area is 146 Å². The minimum absolute atomic E-state index is 0.0994. The smallest absolute Gasteiger partial charge is 0.220 e. The molecule has 2 heterocycles. The van der Waals surface area contributed by atoms with Gasteiger partial charge in [-0.3, -0.25) is 14.6 Å². The second kappa shape index (κ2) is 7.79. The maximum absolute atomic E-state index is 12.3. The summed E-state index contributed by atoms with van der Waals surface area (Å²) in [6.45, 7) is 2.84. The lowest BCUT2D eigenvalue weighted by Gasteiger charge is -2.18. The van der Waals surface area contributed by atoms with Gasteiger partial charge in [0.1, 0.15) is 13.2 Å². The van der Waals surface area contributed by atoms with Gasteiger partial charge in [-0.1, -0.05) is 6.07 Å². The Morgan fingerprint density at radius 1 is 1.12 bits per heavy atom. The lowest BCUT2D eigenvalue weighted by Crippen LogP contribution is -2.27. The molecule has 3 rings (SSSR count). The van der Waals surface area contributed by atoms with Crippen molar-refractivity contribution in [2.75, 3.05) is 13.2 Å². The fourth-order valence-electron chi connectivity index (χ4n) is 2.61. The molecule has 25 heavy (non-hydrogen) atoms. The molecule has 2 aromatic rings. The van der Waals surface area contributed by atoms with Crippen LogP contribution in [0.15, 0.2) is 42.6 Å². The van der Waals surface area contributed by atoms with Crippen molar-refractivity contribution >= 4 is 11.7 Å². The number of hydrogen-bond acceptors (Lipinski definition) is 5. The summed E-state index contributed by atoms with van der Waals surface area (Å²) >= 11 is 0. The molecule has 0 saturated carbocycles. The Balaban J connectivity index is 1.52. The van der Waals surface area contributed by atoms with Gasteiger partial charge in [-0.25, -0.2) is 0 Å². The van der Waals surface area contributed by atoms with E-state index in [9.17, 15) is 9.59 Å². The Bertz CT molecular complexity index is 761. The molecule has 1 atom stereocenters. The van der Waals surface area contributed by atoms with E-state index in [0.29, 0.717) is 30.3 Å². The molecular weight excluding hydrogens is 320 g/mol. The first kappa shape index (κ1) is 17.0. The number of carbonyl (C=O) groups is 2. The van der Waals surface area contributed by atoms with Gasteiger partial charge in [0.2, 0.25) is 5.91 Å². The fourth-order valence-corrected chi connectivity index (χ4v) is 2.61. The average Bonchev–Trinajstić information content (AvgIpc) is 2.66. The molecule has 0 aliphatic carbocycles. The number of amides is 1. The van der Waals surface area contributed by atoms with Gasteiger partial charge in [-0.15, -0.1) is 0 Å². The Morgan fingerprint density at radius 3 is 2.68 bits per heavy atom. The van der Waals surface area contributed by atoms with E-state index in [0.717, 1.165) is 5.69 Å². The van der Waals surface area contributed by atoms with Crippen LogP contribution < -0.4 is 14.8 Å². The molecular formula is C19H20N2O4. The number of rotatable bonds is 6. The highest BCUT2D eigenvalue weighted by Crippen LogP contribution is 2.31. The molecule has 0 spiro atoms. The van der Waals surface area contributed by atoms with Crippen molar-refractivity contribution in [3.63, 3.8) is 0 Å². The van der Waals surface area contributed by atoms with E-state index in [2.05, 4.69) is 10.3 Å². The van der Waals surface area contributed by atoms with Crippen LogP contribution in [-0.4, -0.2) is 29.9 Å². The number of ether oxygens (including phenoxy) is 2. The first-order chi connectivity index (χ1) is 12.1. The summed E-state index contributed by atoms with van der Waals surface area (Å²) < 4.78 is 10.9. The predicted molar refractivity (Wildman–Crippen MR) is 91.8 cm³/mol. The number of nitrogens with one attached hydrogen (secondary N) is 1. The van der Waals surface area contributed by atoms with Crippen LogP contribution in [-0.2, 0) is 4.79 Å². The highest BCUT2D eigenvalue weighted by molar-refractivity contribution is 5.98. The zero-order valence-corrected chi connectivity index (χ0v) is 14.0. The molecule has 130 valence electrons. The standard InChI is InChI=1S/C19H20N2O4/c1-13(15-4-2-3-9-20-15)21-19(23)8-6-16(22)14-5-7-17-18(12-14)25-11-10-24-17/h2-5,7,9,12-13H,6,8,10-11H2,1H3,(H,21,23)/t13-/m0/s1. The first-order valence-electron chi connectivity index (χ1n) is 8.26. The number of fused-ring (bicyclic) bond motifs is 1. The minimum atomic E-state index is -0.196. The Kier molecular flexibility index (Phi) is 5.28. The fraction of sp³-hybridized carbons (Fsp3) is 0.316. The lowest BCUT2D eigenvalue weighted by atomic mass is 10.1. The molecule has 1 aliphatic heterocycles. The molecule has 1 amide bonds.